The zero-order chi connectivity index (χ0) is 35.1. The molecule has 2 heterocycles. The first-order valence-corrected chi connectivity index (χ1v) is 16.8. The number of amides is 2. The fourth-order valence-corrected chi connectivity index (χ4v) is 6.06. The standard InChI is InChI=1S/C38H44ClN7O3/c1-7-19-49-24-46-26(3)36(25(2)43-46)28-11-14-32(15-12-28)41-37(47)34(42-38(48)35-17-18-40-45(35)6)22-31-21-30(13-16-33(31)39)29-10-8-9-27(20-29)23-44(4)5/h8-18,20-21,34H,7,19,22-24H2,1-6H3,(H,41,47)(H,42,48). The second-order valence-electron chi connectivity index (χ2n) is 12.5. The van der Waals surface area contributed by atoms with Gasteiger partial charge in [-0.3, -0.25) is 14.3 Å². The first-order chi connectivity index (χ1) is 23.5. The molecule has 0 aliphatic carbocycles. The molecule has 1 atom stereocenters. The maximum absolute atomic E-state index is 13.9. The van der Waals surface area contributed by atoms with Crippen molar-refractivity contribution < 1.29 is 14.3 Å². The van der Waals surface area contributed by atoms with E-state index < -0.39 is 11.9 Å². The highest BCUT2D eigenvalue weighted by Gasteiger charge is 2.25. The quantitative estimate of drug-likeness (QED) is 0.127. The molecule has 5 rings (SSSR count). The molecule has 0 aliphatic rings. The van der Waals surface area contributed by atoms with Gasteiger partial charge in [-0.2, -0.15) is 10.2 Å². The molecule has 0 saturated carbocycles. The number of rotatable bonds is 14. The van der Waals surface area contributed by atoms with Crippen molar-refractivity contribution in [2.75, 3.05) is 26.0 Å². The maximum atomic E-state index is 13.9. The Bertz CT molecular complexity index is 1910. The molecule has 0 radical (unpaired) electrons. The van der Waals surface area contributed by atoms with Crippen LogP contribution in [-0.4, -0.2) is 63.0 Å². The van der Waals surface area contributed by atoms with Crippen molar-refractivity contribution in [3.63, 3.8) is 0 Å². The van der Waals surface area contributed by atoms with Crippen LogP contribution >= 0.6 is 11.6 Å². The highest BCUT2D eigenvalue weighted by molar-refractivity contribution is 6.31. The molecule has 0 fully saturated rings. The van der Waals surface area contributed by atoms with E-state index in [-0.39, 0.29) is 12.3 Å². The number of aromatic nitrogens is 4. The highest BCUT2D eigenvalue weighted by atomic mass is 35.5. The van der Waals surface area contributed by atoms with Crippen molar-refractivity contribution >= 4 is 29.1 Å². The van der Waals surface area contributed by atoms with Crippen LogP contribution in [-0.2, 0) is 36.3 Å². The second kappa shape index (κ2) is 16.1. The highest BCUT2D eigenvalue weighted by Crippen LogP contribution is 2.29. The van der Waals surface area contributed by atoms with Crippen molar-refractivity contribution in [2.24, 2.45) is 7.05 Å². The third kappa shape index (κ3) is 8.83. The predicted octanol–water partition coefficient (Wildman–Crippen LogP) is 6.65. The van der Waals surface area contributed by atoms with Gasteiger partial charge in [0.25, 0.3) is 5.91 Å². The summed E-state index contributed by atoms with van der Waals surface area (Å²) < 4.78 is 9.04. The van der Waals surface area contributed by atoms with E-state index in [0.29, 0.717) is 29.7 Å². The summed E-state index contributed by atoms with van der Waals surface area (Å²) in [6.45, 7) is 7.96. The van der Waals surface area contributed by atoms with Gasteiger partial charge in [0.2, 0.25) is 5.91 Å². The second-order valence-corrected chi connectivity index (χ2v) is 12.9. The number of anilines is 1. The van der Waals surface area contributed by atoms with Gasteiger partial charge < -0.3 is 20.3 Å². The third-order valence-corrected chi connectivity index (χ3v) is 8.66. The largest absolute Gasteiger partial charge is 0.359 e. The van der Waals surface area contributed by atoms with Crippen molar-refractivity contribution in [1.82, 2.24) is 29.8 Å². The topological polar surface area (TPSA) is 106 Å². The summed E-state index contributed by atoms with van der Waals surface area (Å²) in [7, 11) is 5.76. The summed E-state index contributed by atoms with van der Waals surface area (Å²) in [6, 6.07) is 22.4. The van der Waals surface area contributed by atoms with Gasteiger partial charge in [0, 0.05) is 54.8 Å². The Morgan fingerprint density at radius 1 is 0.980 bits per heavy atom. The molecule has 5 aromatic rings. The van der Waals surface area contributed by atoms with Crippen LogP contribution in [0.25, 0.3) is 22.3 Å². The Morgan fingerprint density at radius 2 is 1.71 bits per heavy atom. The van der Waals surface area contributed by atoms with Crippen LogP contribution in [0.1, 0.15) is 46.3 Å². The maximum Gasteiger partial charge on any atom is 0.270 e. The van der Waals surface area contributed by atoms with Gasteiger partial charge in [-0.1, -0.05) is 54.9 Å². The summed E-state index contributed by atoms with van der Waals surface area (Å²) in [6.07, 6.45) is 2.66. The number of nitrogens with one attached hydrogen (secondary N) is 2. The number of carbonyl (C=O) groups is 2. The lowest BCUT2D eigenvalue weighted by molar-refractivity contribution is -0.118. The van der Waals surface area contributed by atoms with Gasteiger partial charge in [-0.05, 0) is 98.6 Å². The molecule has 0 aliphatic heterocycles. The van der Waals surface area contributed by atoms with Gasteiger partial charge in [-0.15, -0.1) is 0 Å². The zero-order valence-corrected chi connectivity index (χ0v) is 29.7. The Morgan fingerprint density at radius 3 is 2.41 bits per heavy atom. The third-order valence-electron chi connectivity index (χ3n) is 8.29. The lowest BCUT2D eigenvalue weighted by atomic mass is 9.97. The summed E-state index contributed by atoms with van der Waals surface area (Å²) in [5.74, 6) is -0.781. The molecule has 2 N–H and O–H groups in total. The van der Waals surface area contributed by atoms with E-state index >= 15 is 0 Å². The van der Waals surface area contributed by atoms with E-state index in [1.165, 1.54) is 10.2 Å². The Balaban J connectivity index is 1.38. The number of carbonyl (C=O) groups excluding carboxylic acids is 2. The lowest BCUT2D eigenvalue weighted by Crippen LogP contribution is -2.45. The van der Waals surface area contributed by atoms with Gasteiger partial charge in [0.15, 0.2) is 0 Å². The summed E-state index contributed by atoms with van der Waals surface area (Å²) in [5.41, 5.74) is 8.79. The molecule has 256 valence electrons. The van der Waals surface area contributed by atoms with Crippen molar-refractivity contribution in [1.29, 1.82) is 0 Å². The summed E-state index contributed by atoms with van der Waals surface area (Å²) in [4.78, 5) is 29.3. The van der Waals surface area contributed by atoms with Crippen LogP contribution in [0.4, 0.5) is 5.69 Å². The van der Waals surface area contributed by atoms with Crippen LogP contribution in [0, 0.1) is 13.8 Å². The van der Waals surface area contributed by atoms with Gasteiger partial charge in [0.1, 0.15) is 18.5 Å². The Labute approximate surface area is 293 Å². The fraction of sp³-hybridized carbons (Fsp3) is 0.316. The van der Waals surface area contributed by atoms with E-state index in [2.05, 4.69) is 50.9 Å². The smallest absolute Gasteiger partial charge is 0.270 e. The Hall–Kier alpha value is -4.77. The monoisotopic (exact) mass is 681 g/mol. The number of ether oxygens (including phenoxy) is 1. The average molecular weight is 682 g/mol. The van der Waals surface area contributed by atoms with Gasteiger partial charge in [-0.25, -0.2) is 4.68 Å². The molecule has 0 bridgehead atoms. The fourth-order valence-electron chi connectivity index (χ4n) is 5.87. The van der Waals surface area contributed by atoms with Gasteiger partial charge >= 0.3 is 0 Å². The minimum absolute atomic E-state index is 0.176. The van der Waals surface area contributed by atoms with Crippen molar-refractivity contribution in [2.45, 2.75) is 52.9 Å². The molecule has 10 nitrogen and oxygen atoms in total. The number of nitrogens with zero attached hydrogens (tertiary/aromatic N) is 5. The average Bonchev–Trinajstić information content (AvgIpc) is 3.63. The summed E-state index contributed by atoms with van der Waals surface area (Å²) >= 11 is 6.71. The molecule has 0 spiro atoms. The predicted molar refractivity (Wildman–Crippen MR) is 194 cm³/mol. The van der Waals surface area contributed by atoms with E-state index in [4.69, 9.17) is 16.3 Å². The molecular weight excluding hydrogens is 638 g/mol. The lowest BCUT2D eigenvalue weighted by Gasteiger charge is -2.20. The van der Waals surface area contributed by atoms with E-state index in [9.17, 15) is 9.59 Å². The molecular formula is C38H44ClN7O3. The number of benzene rings is 3. The number of hydrogen-bond acceptors (Lipinski definition) is 6. The van der Waals surface area contributed by atoms with E-state index in [1.54, 1.807) is 19.3 Å². The van der Waals surface area contributed by atoms with Gasteiger partial charge in [0.05, 0.1) is 5.69 Å². The number of hydrogen-bond donors (Lipinski definition) is 2. The van der Waals surface area contributed by atoms with Crippen molar-refractivity contribution in [3.8, 4) is 22.3 Å². The minimum atomic E-state index is -0.930. The van der Waals surface area contributed by atoms with E-state index in [0.717, 1.165) is 52.2 Å². The minimum Gasteiger partial charge on any atom is -0.359 e. The van der Waals surface area contributed by atoms with Crippen LogP contribution in [0.15, 0.2) is 79.0 Å². The molecule has 2 amide bonds. The van der Waals surface area contributed by atoms with Crippen LogP contribution < -0.4 is 10.6 Å². The van der Waals surface area contributed by atoms with Crippen molar-refractivity contribution in [3.05, 3.63) is 112 Å². The first-order valence-electron chi connectivity index (χ1n) is 16.4. The van der Waals surface area contributed by atoms with Crippen LogP contribution in [0.5, 0.6) is 0 Å². The molecule has 11 heteroatoms. The molecule has 1 unspecified atom stereocenters. The first kappa shape index (κ1) is 35.5. The van der Waals surface area contributed by atoms with E-state index in [1.807, 2.05) is 81.2 Å². The number of halogens is 1. The molecule has 0 saturated heterocycles. The molecule has 49 heavy (non-hydrogen) atoms. The normalized spacial score (nSPS) is 11.9. The molecule has 2 aromatic heterocycles. The number of aryl methyl sites for hydroxylation is 2. The van der Waals surface area contributed by atoms with Crippen LogP contribution in [0.2, 0.25) is 5.02 Å². The molecule has 3 aromatic carbocycles. The Kier molecular flexibility index (Phi) is 11.7. The zero-order valence-electron chi connectivity index (χ0n) is 29.0. The van der Waals surface area contributed by atoms with Crippen LogP contribution in [0.3, 0.4) is 0 Å². The summed E-state index contributed by atoms with van der Waals surface area (Å²) in [5, 5.41) is 15.2. The SMILES string of the molecule is CCCOCn1nc(C)c(-c2ccc(NC(=O)C(Cc3cc(-c4cccc(CN(C)C)c4)ccc3Cl)NC(=O)c3ccnn3C)cc2)c1C.